The zero-order valence-electron chi connectivity index (χ0n) is 14.5. The minimum absolute atomic E-state index is 0.108. The highest BCUT2D eigenvalue weighted by Crippen LogP contribution is 2.14. The van der Waals surface area contributed by atoms with Crippen LogP contribution in [0.4, 0.5) is 0 Å². The Kier molecular flexibility index (Phi) is 13.2. The maximum atomic E-state index is 10.8. The van der Waals surface area contributed by atoms with E-state index in [1.807, 2.05) is 6.92 Å². The molecular weight excluding hydrogens is 300 g/mol. The van der Waals surface area contributed by atoms with E-state index < -0.39 is 15.4 Å². The van der Waals surface area contributed by atoms with Crippen LogP contribution >= 0.6 is 0 Å². The molecule has 0 fully saturated rings. The highest BCUT2D eigenvalue weighted by molar-refractivity contribution is 7.86. The predicted octanol–water partition coefficient (Wildman–Crippen LogP) is 4.71. The molecule has 2 atom stereocenters. The summed E-state index contributed by atoms with van der Waals surface area (Å²) in [7, 11) is -3.84. The zero-order chi connectivity index (χ0) is 16.8. The molecule has 0 aliphatic rings. The normalized spacial score (nSPS) is 14.9. The fourth-order valence-electron chi connectivity index (χ4n) is 2.58. The maximum Gasteiger partial charge on any atom is 0.267 e. The number of hydrogen-bond donors (Lipinski definition) is 2. The van der Waals surface area contributed by atoms with Gasteiger partial charge in [0.15, 0.2) is 0 Å². The van der Waals surface area contributed by atoms with Crippen LogP contribution in [0, 0.1) is 0 Å². The summed E-state index contributed by atoms with van der Waals surface area (Å²) in [5.41, 5.74) is 0. The van der Waals surface area contributed by atoms with Crippen molar-refractivity contribution >= 4 is 10.1 Å². The zero-order valence-corrected chi connectivity index (χ0v) is 15.3. The number of unbranched alkanes of at least 4 members (excludes halogenated alkanes) is 9. The number of hydrogen-bond acceptors (Lipinski definition) is 3. The third-order valence-electron chi connectivity index (χ3n) is 4.38. The molecular formula is C17H36O4S. The fraction of sp³-hybridized carbons (Fsp3) is 1.00. The molecule has 0 bridgehead atoms. The molecule has 2 unspecified atom stereocenters. The first-order valence-corrected chi connectivity index (χ1v) is 10.5. The van der Waals surface area contributed by atoms with Crippen molar-refractivity contribution in [2.24, 2.45) is 0 Å². The van der Waals surface area contributed by atoms with Crippen LogP contribution in [0.3, 0.4) is 0 Å². The second-order valence-electron chi connectivity index (χ2n) is 6.50. The van der Waals surface area contributed by atoms with E-state index in [4.69, 9.17) is 4.55 Å². The first-order chi connectivity index (χ1) is 10.4. The molecule has 0 saturated carbocycles. The summed E-state index contributed by atoms with van der Waals surface area (Å²) < 4.78 is 30.5. The van der Waals surface area contributed by atoms with Gasteiger partial charge in [-0.25, -0.2) is 0 Å². The van der Waals surface area contributed by atoms with Gasteiger partial charge in [-0.05, 0) is 26.2 Å². The Bertz CT molecular complexity index is 341. The van der Waals surface area contributed by atoms with E-state index in [2.05, 4.69) is 0 Å². The maximum absolute atomic E-state index is 10.8. The third kappa shape index (κ3) is 13.5. The van der Waals surface area contributed by atoms with Crippen molar-refractivity contribution in [2.75, 3.05) is 0 Å². The molecule has 0 heterocycles. The van der Waals surface area contributed by atoms with Gasteiger partial charge >= 0.3 is 0 Å². The first-order valence-electron chi connectivity index (χ1n) is 9.02. The lowest BCUT2D eigenvalue weighted by atomic mass is 10.0. The van der Waals surface area contributed by atoms with Gasteiger partial charge in [0.25, 0.3) is 10.1 Å². The van der Waals surface area contributed by atoms with Crippen molar-refractivity contribution < 1.29 is 18.1 Å². The predicted molar refractivity (Wildman–Crippen MR) is 92.7 cm³/mol. The van der Waals surface area contributed by atoms with Crippen LogP contribution in [0.15, 0.2) is 0 Å². The molecule has 2 N–H and O–H groups in total. The molecule has 0 aromatic heterocycles. The third-order valence-corrected chi connectivity index (χ3v) is 5.63. The molecule has 0 amide bonds. The molecule has 5 heteroatoms. The van der Waals surface area contributed by atoms with E-state index in [0.29, 0.717) is 6.42 Å². The monoisotopic (exact) mass is 336 g/mol. The molecule has 0 aromatic carbocycles. The molecule has 0 rings (SSSR count). The Labute approximate surface area is 137 Å². The summed E-state index contributed by atoms with van der Waals surface area (Å²) in [5.74, 6) is 0. The van der Waals surface area contributed by atoms with Crippen molar-refractivity contribution in [2.45, 2.75) is 109 Å². The lowest BCUT2D eigenvalue weighted by Gasteiger charge is -2.08. The lowest BCUT2D eigenvalue weighted by molar-refractivity contribution is 0.156. The van der Waals surface area contributed by atoms with Gasteiger partial charge in [0.05, 0.1) is 11.4 Å². The molecule has 0 radical (unpaired) electrons. The van der Waals surface area contributed by atoms with Crippen molar-refractivity contribution in [1.82, 2.24) is 0 Å². The summed E-state index contributed by atoms with van der Waals surface area (Å²) in [6.45, 7) is 3.59. The standard InChI is InChI=1S/C17H36O4S/c1-3-17(18)15-13-11-9-7-5-4-6-8-10-12-14-16(2)22(19,20)21/h16-18H,3-15H2,1-2H3,(H,19,20,21). The second kappa shape index (κ2) is 13.3. The first kappa shape index (κ1) is 21.9. The minimum atomic E-state index is -3.84. The van der Waals surface area contributed by atoms with Crippen LogP contribution in [0.25, 0.3) is 0 Å². The Morgan fingerprint density at radius 3 is 1.50 bits per heavy atom. The number of aliphatic hydroxyl groups is 1. The summed E-state index contributed by atoms with van der Waals surface area (Å²) in [6, 6.07) is 0. The van der Waals surface area contributed by atoms with Gasteiger partial charge in [0, 0.05) is 0 Å². The van der Waals surface area contributed by atoms with Gasteiger partial charge in [0.2, 0.25) is 0 Å². The molecule has 0 aliphatic carbocycles. The van der Waals surface area contributed by atoms with Crippen LogP contribution in [0.2, 0.25) is 0 Å². The van der Waals surface area contributed by atoms with Crippen LogP contribution in [-0.4, -0.2) is 29.4 Å². The van der Waals surface area contributed by atoms with Crippen LogP contribution < -0.4 is 0 Å². The van der Waals surface area contributed by atoms with Crippen molar-refractivity contribution in [3.63, 3.8) is 0 Å². The van der Waals surface area contributed by atoms with E-state index in [-0.39, 0.29) is 6.10 Å². The average molecular weight is 337 g/mol. The lowest BCUT2D eigenvalue weighted by Crippen LogP contribution is -2.16. The highest BCUT2D eigenvalue weighted by Gasteiger charge is 2.15. The number of rotatable bonds is 15. The Morgan fingerprint density at radius 1 is 0.773 bits per heavy atom. The van der Waals surface area contributed by atoms with E-state index in [1.165, 1.54) is 38.5 Å². The number of aliphatic hydroxyl groups excluding tert-OH is 1. The second-order valence-corrected chi connectivity index (χ2v) is 8.34. The van der Waals surface area contributed by atoms with Crippen molar-refractivity contribution in [3.8, 4) is 0 Å². The van der Waals surface area contributed by atoms with Gasteiger partial charge in [-0.3, -0.25) is 4.55 Å². The topological polar surface area (TPSA) is 74.6 Å². The van der Waals surface area contributed by atoms with Gasteiger partial charge in [-0.15, -0.1) is 0 Å². The minimum Gasteiger partial charge on any atom is -0.393 e. The molecule has 0 saturated heterocycles. The molecule has 22 heavy (non-hydrogen) atoms. The van der Waals surface area contributed by atoms with Gasteiger partial charge in [0.1, 0.15) is 0 Å². The Morgan fingerprint density at radius 2 is 1.14 bits per heavy atom. The molecule has 134 valence electrons. The quantitative estimate of drug-likeness (QED) is 0.335. The summed E-state index contributed by atoms with van der Waals surface area (Å²) >= 11 is 0. The molecule has 0 spiro atoms. The summed E-state index contributed by atoms with van der Waals surface area (Å²) in [4.78, 5) is 0. The van der Waals surface area contributed by atoms with E-state index in [1.54, 1.807) is 6.92 Å². The van der Waals surface area contributed by atoms with Crippen LogP contribution in [0.1, 0.15) is 97.3 Å². The van der Waals surface area contributed by atoms with Gasteiger partial charge < -0.3 is 5.11 Å². The largest absolute Gasteiger partial charge is 0.393 e. The Balaban J connectivity index is 3.21. The van der Waals surface area contributed by atoms with Gasteiger partial charge in [-0.1, -0.05) is 71.1 Å². The van der Waals surface area contributed by atoms with E-state index in [9.17, 15) is 13.5 Å². The van der Waals surface area contributed by atoms with Crippen molar-refractivity contribution in [3.05, 3.63) is 0 Å². The average Bonchev–Trinajstić information content (AvgIpc) is 2.46. The molecule has 0 aromatic rings. The van der Waals surface area contributed by atoms with Gasteiger partial charge in [-0.2, -0.15) is 8.42 Å². The molecule has 0 aliphatic heterocycles. The molecule has 4 nitrogen and oxygen atoms in total. The summed E-state index contributed by atoms with van der Waals surface area (Å²) in [5, 5.41) is 8.81. The Hall–Kier alpha value is -0.130. The highest BCUT2D eigenvalue weighted by atomic mass is 32.2. The van der Waals surface area contributed by atoms with E-state index >= 15 is 0 Å². The smallest absolute Gasteiger partial charge is 0.267 e. The van der Waals surface area contributed by atoms with Crippen LogP contribution in [-0.2, 0) is 10.1 Å². The van der Waals surface area contributed by atoms with Crippen molar-refractivity contribution in [1.29, 1.82) is 0 Å². The summed E-state index contributed by atoms with van der Waals surface area (Å²) in [6.07, 6.45) is 14.0. The fourth-order valence-corrected chi connectivity index (χ4v) is 3.04. The van der Waals surface area contributed by atoms with E-state index in [0.717, 1.165) is 38.5 Å². The SMILES string of the molecule is CCC(O)CCCCCCCCCCCCC(C)S(=O)(=O)O. The van der Waals surface area contributed by atoms with Crippen LogP contribution in [0.5, 0.6) is 0 Å².